The molecular weight excluding hydrogens is 290 g/mol. The number of carbonyl (C=O) groups excluding carboxylic acids is 1. The van der Waals surface area contributed by atoms with Crippen molar-refractivity contribution in [1.82, 2.24) is 0 Å². The highest BCUT2D eigenvalue weighted by molar-refractivity contribution is 7.89. The van der Waals surface area contributed by atoms with Crippen LogP contribution in [0.15, 0.2) is 29.2 Å². The van der Waals surface area contributed by atoms with Gasteiger partial charge in [0.05, 0.1) is 10.6 Å². The lowest BCUT2D eigenvalue weighted by molar-refractivity contribution is -0.142. The lowest BCUT2D eigenvalue weighted by atomic mass is 10.2. The minimum Gasteiger partial charge on any atom is -0.342 e. The molecule has 0 heterocycles. The fourth-order valence-corrected chi connectivity index (χ4v) is 1.95. The molecule has 0 bridgehead atoms. The van der Waals surface area contributed by atoms with Crippen molar-refractivity contribution in [2.24, 2.45) is 10.9 Å². The van der Waals surface area contributed by atoms with Crippen LogP contribution in [0.3, 0.4) is 0 Å². The van der Waals surface area contributed by atoms with E-state index in [4.69, 9.17) is 15.7 Å². The Morgan fingerprint density at radius 2 is 1.95 bits per heavy atom. The summed E-state index contributed by atoms with van der Waals surface area (Å²) in [6.45, 7) is 0. The zero-order chi connectivity index (χ0) is 14.5. The molecule has 7 nitrogen and oxygen atoms in total. The second kappa shape index (κ2) is 6.75. The molecule has 5 N–H and O–H groups in total. The summed E-state index contributed by atoms with van der Waals surface area (Å²) in [5.74, 6) is -0.149. The van der Waals surface area contributed by atoms with Crippen molar-refractivity contribution in [3.05, 3.63) is 24.3 Å². The average molecular weight is 305 g/mol. The fourth-order valence-electron chi connectivity index (χ4n) is 1.15. The summed E-state index contributed by atoms with van der Waals surface area (Å²) in [6, 6.07) is 4.65. The molecule has 0 saturated heterocycles. The first-order valence-electron chi connectivity index (χ1n) is 5.30. The second-order valence-corrected chi connectivity index (χ2v) is 5.72. The zero-order valence-corrected chi connectivity index (χ0v) is 11.7. The van der Waals surface area contributed by atoms with Gasteiger partial charge in [-0.25, -0.2) is 23.8 Å². The molecule has 9 heteroatoms. The summed E-state index contributed by atoms with van der Waals surface area (Å²) in [4.78, 5) is 16.1. The Morgan fingerprint density at radius 3 is 2.42 bits per heavy atom. The van der Waals surface area contributed by atoms with Gasteiger partial charge in [0.15, 0.2) is 0 Å². The third kappa shape index (κ3) is 5.07. The molecule has 1 aromatic carbocycles. The van der Waals surface area contributed by atoms with Gasteiger partial charge >= 0.3 is 5.97 Å². The van der Waals surface area contributed by atoms with Gasteiger partial charge in [-0.05, 0) is 36.4 Å². The minimum atomic E-state index is -3.74. The van der Waals surface area contributed by atoms with Gasteiger partial charge in [0.25, 0.3) is 0 Å². The molecule has 1 rings (SSSR count). The number of nitrogens with two attached hydrogens (primary N) is 2. The third-order valence-electron chi connectivity index (χ3n) is 2.20. The van der Waals surface area contributed by atoms with Crippen molar-refractivity contribution >= 4 is 34.3 Å². The number of hydrogen-bond donors (Lipinski definition) is 4. The third-order valence-corrected chi connectivity index (χ3v) is 3.38. The van der Waals surface area contributed by atoms with Gasteiger partial charge in [-0.2, -0.15) is 12.6 Å². The van der Waals surface area contributed by atoms with Gasteiger partial charge in [0.2, 0.25) is 10.0 Å². The predicted molar refractivity (Wildman–Crippen MR) is 74.0 cm³/mol. The number of rotatable bonds is 6. The summed E-state index contributed by atoms with van der Waals surface area (Å²) < 4.78 is 22.0. The molecule has 0 aromatic heterocycles. The summed E-state index contributed by atoms with van der Waals surface area (Å²) in [7, 11) is -3.74. The number of sulfonamides is 1. The van der Waals surface area contributed by atoms with E-state index in [1.54, 1.807) is 0 Å². The summed E-state index contributed by atoms with van der Waals surface area (Å²) in [6.07, 6.45) is 0.397. The monoisotopic (exact) mass is 305 g/mol. The van der Waals surface area contributed by atoms with Crippen molar-refractivity contribution in [1.29, 1.82) is 0 Å². The number of hydrogen-bond acceptors (Lipinski definition) is 7. The van der Waals surface area contributed by atoms with Crippen molar-refractivity contribution in [2.75, 3.05) is 11.2 Å². The van der Waals surface area contributed by atoms with E-state index in [2.05, 4.69) is 18.1 Å². The number of anilines is 1. The van der Waals surface area contributed by atoms with E-state index in [0.717, 1.165) is 0 Å². The minimum absolute atomic E-state index is 0.0313. The molecule has 0 aliphatic carbocycles. The number of carbonyl (C=O) groups is 1. The van der Waals surface area contributed by atoms with E-state index in [0.29, 0.717) is 17.9 Å². The van der Waals surface area contributed by atoms with Crippen LogP contribution >= 0.6 is 12.6 Å². The van der Waals surface area contributed by atoms with Gasteiger partial charge in [-0.15, -0.1) is 0 Å². The maximum absolute atomic E-state index is 11.4. The first-order chi connectivity index (χ1) is 8.84. The molecule has 0 unspecified atom stereocenters. The highest BCUT2D eigenvalue weighted by Gasteiger charge is 2.14. The zero-order valence-electron chi connectivity index (χ0n) is 9.94. The van der Waals surface area contributed by atoms with Crippen LogP contribution in [0.25, 0.3) is 0 Å². The molecule has 0 fully saturated rings. The maximum atomic E-state index is 11.4. The predicted octanol–water partition coefficient (Wildman–Crippen LogP) is -0.149. The second-order valence-electron chi connectivity index (χ2n) is 3.71. The Balaban J connectivity index is 2.58. The number of primary sulfonamides is 1. The molecule has 0 aliphatic rings. The maximum Gasteiger partial charge on any atom is 0.348 e. The Morgan fingerprint density at radius 1 is 1.37 bits per heavy atom. The highest BCUT2D eigenvalue weighted by atomic mass is 32.2. The van der Waals surface area contributed by atoms with Crippen LogP contribution in [0, 0.1) is 0 Å². The average Bonchev–Trinajstić information content (AvgIpc) is 2.35. The molecule has 0 radical (unpaired) electrons. The van der Waals surface area contributed by atoms with Crippen molar-refractivity contribution < 1.29 is 18.0 Å². The quantitative estimate of drug-likeness (QED) is 0.428. The van der Waals surface area contributed by atoms with Crippen LogP contribution in [-0.2, 0) is 19.7 Å². The van der Waals surface area contributed by atoms with Gasteiger partial charge in [-0.1, -0.05) is 0 Å². The Labute approximate surface area is 116 Å². The van der Waals surface area contributed by atoms with E-state index >= 15 is 0 Å². The van der Waals surface area contributed by atoms with E-state index < -0.39 is 22.0 Å². The Bertz CT molecular complexity index is 530. The number of thiol groups is 1. The Kier molecular flexibility index (Phi) is 5.60. The van der Waals surface area contributed by atoms with E-state index in [1.165, 1.54) is 24.3 Å². The molecule has 0 amide bonds. The van der Waals surface area contributed by atoms with Crippen molar-refractivity contribution in [3.63, 3.8) is 0 Å². The lowest BCUT2D eigenvalue weighted by Gasteiger charge is -2.11. The van der Waals surface area contributed by atoms with Crippen LogP contribution in [-0.4, -0.2) is 26.2 Å². The van der Waals surface area contributed by atoms with Gasteiger partial charge in [0.1, 0.15) is 6.04 Å². The van der Waals surface area contributed by atoms with Gasteiger partial charge in [0, 0.05) is 0 Å². The van der Waals surface area contributed by atoms with E-state index in [1.807, 2.05) is 0 Å². The van der Waals surface area contributed by atoms with Crippen molar-refractivity contribution in [3.8, 4) is 0 Å². The molecule has 0 spiro atoms. The van der Waals surface area contributed by atoms with Crippen LogP contribution in [0.4, 0.5) is 5.69 Å². The molecular formula is C10H15N3O4S2. The van der Waals surface area contributed by atoms with Crippen LogP contribution in [0.1, 0.15) is 6.42 Å². The van der Waals surface area contributed by atoms with Crippen LogP contribution in [0.2, 0.25) is 0 Å². The molecule has 1 aromatic rings. The van der Waals surface area contributed by atoms with Gasteiger partial charge < -0.3 is 10.6 Å². The smallest absolute Gasteiger partial charge is 0.342 e. The number of nitrogens with one attached hydrogen (secondary N) is 1. The molecule has 0 aliphatic heterocycles. The largest absolute Gasteiger partial charge is 0.348 e. The molecule has 0 saturated carbocycles. The molecule has 106 valence electrons. The lowest BCUT2D eigenvalue weighted by Crippen LogP contribution is -2.33. The van der Waals surface area contributed by atoms with E-state index in [-0.39, 0.29) is 4.90 Å². The SMILES string of the molecule is N[C@@H](CCS)C(=O)ONc1ccc(S(N)(=O)=O)cc1. The number of benzene rings is 1. The fraction of sp³-hybridized carbons (Fsp3) is 0.300. The molecule has 1 atom stereocenters. The van der Waals surface area contributed by atoms with Gasteiger partial charge in [-0.3, -0.25) is 0 Å². The topological polar surface area (TPSA) is 125 Å². The first kappa shape index (κ1) is 15.8. The summed E-state index contributed by atoms with van der Waals surface area (Å²) >= 11 is 3.95. The molecule has 19 heavy (non-hydrogen) atoms. The summed E-state index contributed by atoms with van der Waals surface area (Å²) in [5, 5.41) is 4.94. The standard InChI is InChI=1S/C10H15N3O4S2/c11-9(5-6-18)10(14)17-13-7-1-3-8(4-2-7)19(12,15)16/h1-4,9,13,18H,5-6,11H2,(H2,12,15,16)/t9-/m0/s1. The van der Waals surface area contributed by atoms with Crippen molar-refractivity contribution in [2.45, 2.75) is 17.4 Å². The van der Waals surface area contributed by atoms with Crippen LogP contribution < -0.4 is 16.4 Å². The van der Waals surface area contributed by atoms with Crippen LogP contribution in [0.5, 0.6) is 0 Å². The summed E-state index contributed by atoms with van der Waals surface area (Å²) in [5.41, 5.74) is 8.29. The Hall–Kier alpha value is -1.29. The van der Waals surface area contributed by atoms with E-state index in [9.17, 15) is 13.2 Å². The normalized spacial score (nSPS) is 12.8. The highest BCUT2D eigenvalue weighted by Crippen LogP contribution is 2.12. The first-order valence-corrected chi connectivity index (χ1v) is 7.48.